The third kappa shape index (κ3) is 2.37. The van der Waals surface area contributed by atoms with Gasteiger partial charge in [-0.05, 0) is 31.5 Å². The van der Waals surface area contributed by atoms with Gasteiger partial charge in [-0.25, -0.2) is 4.79 Å². The third-order valence-corrected chi connectivity index (χ3v) is 2.87. The second-order valence-corrected chi connectivity index (χ2v) is 3.78. The van der Waals surface area contributed by atoms with Crippen LogP contribution >= 0.6 is 15.9 Å². The van der Waals surface area contributed by atoms with Crippen LogP contribution in [0.25, 0.3) is 0 Å². The maximum absolute atomic E-state index is 11.5. The van der Waals surface area contributed by atoms with E-state index in [0.717, 1.165) is 10.0 Å². The average molecular weight is 268 g/mol. The van der Waals surface area contributed by atoms with Gasteiger partial charge in [0.1, 0.15) is 6.07 Å². The Labute approximate surface area is 96.8 Å². The zero-order valence-electron chi connectivity index (χ0n) is 8.50. The fraction of sp³-hybridized carbons (Fsp3) is 0.273. The lowest BCUT2D eigenvalue weighted by Crippen LogP contribution is -2.08. The van der Waals surface area contributed by atoms with Gasteiger partial charge in [0, 0.05) is 4.47 Å². The first-order valence-electron chi connectivity index (χ1n) is 4.48. The van der Waals surface area contributed by atoms with Crippen LogP contribution in [0.4, 0.5) is 0 Å². The molecule has 0 radical (unpaired) electrons. The fourth-order valence-corrected chi connectivity index (χ4v) is 1.54. The quantitative estimate of drug-likeness (QED) is 0.775. The van der Waals surface area contributed by atoms with E-state index in [1.54, 1.807) is 26.0 Å². The molecule has 1 aromatic rings. The van der Waals surface area contributed by atoms with E-state index in [0.29, 0.717) is 17.7 Å². The van der Waals surface area contributed by atoms with Gasteiger partial charge in [-0.3, -0.25) is 0 Å². The van der Waals surface area contributed by atoms with Crippen LogP contribution in [-0.2, 0) is 4.74 Å². The zero-order valence-corrected chi connectivity index (χ0v) is 10.1. The molecule has 0 heterocycles. The van der Waals surface area contributed by atoms with Crippen LogP contribution in [0, 0.1) is 18.3 Å². The Kier molecular flexibility index (Phi) is 3.87. The van der Waals surface area contributed by atoms with Crippen molar-refractivity contribution < 1.29 is 9.53 Å². The molecule has 3 nitrogen and oxygen atoms in total. The highest BCUT2D eigenvalue weighted by Crippen LogP contribution is 2.23. The van der Waals surface area contributed by atoms with Crippen molar-refractivity contribution in [1.82, 2.24) is 0 Å². The standard InChI is InChI=1S/C11H10BrNO2/c1-3-15-11(14)8-4-5-10(12)7(2)9(8)6-13/h4-5H,3H2,1-2H3. The summed E-state index contributed by atoms with van der Waals surface area (Å²) in [7, 11) is 0. The summed E-state index contributed by atoms with van der Waals surface area (Å²) in [6, 6.07) is 5.34. The maximum Gasteiger partial charge on any atom is 0.339 e. The van der Waals surface area contributed by atoms with Crippen LogP contribution < -0.4 is 0 Å². The summed E-state index contributed by atoms with van der Waals surface area (Å²) >= 11 is 3.31. The van der Waals surface area contributed by atoms with Crippen LogP contribution in [-0.4, -0.2) is 12.6 Å². The molecule has 0 saturated heterocycles. The number of rotatable bonds is 2. The molecule has 0 aliphatic carbocycles. The molecule has 0 bridgehead atoms. The lowest BCUT2D eigenvalue weighted by atomic mass is 10.0. The molecule has 0 aliphatic heterocycles. The number of halogens is 1. The van der Waals surface area contributed by atoms with Gasteiger partial charge in [0.15, 0.2) is 0 Å². The lowest BCUT2D eigenvalue weighted by Gasteiger charge is -2.07. The Hall–Kier alpha value is -1.34. The molecular weight excluding hydrogens is 258 g/mol. The van der Waals surface area contributed by atoms with Crippen molar-refractivity contribution >= 4 is 21.9 Å². The molecule has 0 amide bonds. The molecule has 0 aromatic heterocycles. The molecule has 15 heavy (non-hydrogen) atoms. The summed E-state index contributed by atoms with van der Waals surface area (Å²) in [5.74, 6) is -0.454. The first-order valence-corrected chi connectivity index (χ1v) is 5.27. The summed E-state index contributed by atoms with van der Waals surface area (Å²) in [5.41, 5.74) is 1.44. The van der Waals surface area contributed by atoms with E-state index in [2.05, 4.69) is 15.9 Å². The van der Waals surface area contributed by atoms with Gasteiger partial charge in [0.2, 0.25) is 0 Å². The van der Waals surface area contributed by atoms with Crippen LogP contribution in [0.2, 0.25) is 0 Å². The molecule has 1 rings (SSSR count). The average Bonchev–Trinajstić information content (AvgIpc) is 2.22. The predicted molar refractivity (Wildman–Crippen MR) is 59.6 cm³/mol. The summed E-state index contributed by atoms with van der Waals surface area (Å²) < 4.78 is 5.67. The predicted octanol–water partition coefficient (Wildman–Crippen LogP) is 2.81. The molecule has 0 saturated carbocycles. The van der Waals surface area contributed by atoms with E-state index < -0.39 is 5.97 Å². The minimum Gasteiger partial charge on any atom is -0.462 e. The van der Waals surface area contributed by atoms with Crippen molar-refractivity contribution in [1.29, 1.82) is 5.26 Å². The molecule has 4 heteroatoms. The van der Waals surface area contributed by atoms with E-state index in [1.807, 2.05) is 6.07 Å². The first kappa shape index (κ1) is 11.7. The van der Waals surface area contributed by atoms with Crippen LogP contribution in [0.5, 0.6) is 0 Å². The molecular formula is C11H10BrNO2. The molecule has 1 aromatic carbocycles. The number of benzene rings is 1. The maximum atomic E-state index is 11.5. The molecule has 0 aliphatic rings. The van der Waals surface area contributed by atoms with Gasteiger partial charge >= 0.3 is 5.97 Å². The summed E-state index contributed by atoms with van der Waals surface area (Å²) in [6.07, 6.45) is 0. The number of carbonyl (C=O) groups excluding carboxylic acids is 1. The highest BCUT2D eigenvalue weighted by Gasteiger charge is 2.15. The minimum atomic E-state index is -0.454. The Morgan fingerprint density at radius 1 is 1.60 bits per heavy atom. The molecule has 0 spiro atoms. The normalized spacial score (nSPS) is 9.47. The van der Waals surface area contributed by atoms with Crippen molar-refractivity contribution in [2.75, 3.05) is 6.61 Å². The Morgan fingerprint density at radius 3 is 2.80 bits per heavy atom. The first-order chi connectivity index (χ1) is 7.11. The van der Waals surface area contributed by atoms with E-state index >= 15 is 0 Å². The summed E-state index contributed by atoms with van der Waals surface area (Å²) in [5, 5.41) is 8.96. The Bertz CT molecular complexity index is 435. The molecule has 0 N–H and O–H groups in total. The second kappa shape index (κ2) is 4.94. The number of ether oxygens (including phenoxy) is 1. The fourth-order valence-electron chi connectivity index (χ4n) is 1.21. The zero-order chi connectivity index (χ0) is 11.4. The van der Waals surface area contributed by atoms with Gasteiger partial charge in [-0.2, -0.15) is 5.26 Å². The van der Waals surface area contributed by atoms with Crippen molar-refractivity contribution in [2.45, 2.75) is 13.8 Å². The molecule has 78 valence electrons. The second-order valence-electron chi connectivity index (χ2n) is 2.93. The van der Waals surface area contributed by atoms with Gasteiger partial charge in [-0.15, -0.1) is 0 Å². The minimum absolute atomic E-state index is 0.304. The highest BCUT2D eigenvalue weighted by atomic mass is 79.9. The molecule has 0 fully saturated rings. The monoisotopic (exact) mass is 267 g/mol. The van der Waals surface area contributed by atoms with Crippen molar-refractivity contribution in [3.8, 4) is 6.07 Å². The van der Waals surface area contributed by atoms with Crippen molar-refractivity contribution in [3.05, 3.63) is 33.3 Å². The number of carbonyl (C=O) groups is 1. The van der Waals surface area contributed by atoms with Gasteiger partial charge in [-0.1, -0.05) is 15.9 Å². The topological polar surface area (TPSA) is 50.1 Å². The van der Waals surface area contributed by atoms with E-state index in [4.69, 9.17) is 10.00 Å². The number of nitrogens with zero attached hydrogens (tertiary/aromatic N) is 1. The van der Waals surface area contributed by atoms with Crippen LogP contribution in [0.1, 0.15) is 28.4 Å². The number of esters is 1. The summed E-state index contributed by atoms with van der Waals surface area (Å²) in [4.78, 5) is 11.5. The van der Waals surface area contributed by atoms with Crippen molar-refractivity contribution in [3.63, 3.8) is 0 Å². The lowest BCUT2D eigenvalue weighted by molar-refractivity contribution is 0.0526. The number of hydrogen-bond donors (Lipinski definition) is 0. The van der Waals surface area contributed by atoms with E-state index in [-0.39, 0.29) is 0 Å². The highest BCUT2D eigenvalue weighted by molar-refractivity contribution is 9.10. The van der Waals surface area contributed by atoms with Crippen LogP contribution in [0.15, 0.2) is 16.6 Å². The largest absolute Gasteiger partial charge is 0.462 e. The summed E-state index contributed by atoms with van der Waals surface area (Å²) in [6.45, 7) is 3.82. The van der Waals surface area contributed by atoms with E-state index in [1.165, 1.54) is 0 Å². The Morgan fingerprint density at radius 2 is 2.27 bits per heavy atom. The van der Waals surface area contributed by atoms with Gasteiger partial charge < -0.3 is 4.74 Å². The SMILES string of the molecule is CCOC(=O)c1ccc(Br)c(C)c1C#N. The Balaban J connectivity index is 3.26. The van der Waals surface area contributed by atoms with Gasteiger partial charge in [0.05, 0.1) is 17.7 Å². The molecule has 0 atom stereocenters. The number of nitriles is 1. The number of hydrogen-bond acceptors (Lipinski definition) is 3. The van der Waals surface area contributed by atoms with Crippen LogP contribution in [0.3, 0.4) is 0 Å². The van der Waals surface area contributed by atoms with E-state index in [9.17, 15) is 4.79 Å². The smallest absolute Gasteiger partial charge is 0.339 e. The van der Waals surface area contributed by atoms with Crippen molar-refractivity contribution in [2.24, 2.45) is 0 Å². The third-order valence-electron chi connectivity index (χ3n) is 2.01. The van der Waals surface area contributed by atoms with Gasteiger partial charge in [0.25, 0.3) is 0 Å². The molecule has 0 unspecified atom stereocenters.